The molecule has 0 unspecified atom stereocenters. The molecule has 22 heavy (non-hydrogen) atoms. The molecule has 2 aromatic rings. The number of likely N-dealkylation sites (tertiary alicyclic amines) is 1. The summed E-state index contributed by atoms with van der Waals surface area (Å²) in [6.45, 7) is 2.11. The van der Waals surface area contributed by atoms with Gasteiger partial charge in [0.25, 0.3) is 0 Å². The van der Waals surface area contributed by atoms with Crippen molar-refractivity contribution in [3.8, 4) is 0 Å². The van der Waals surface area contributed by atoms with Gasteiger partial charge >= 0.3 is 0 Å². The lowest BCUT2D eigenvalue weighted by Gasteiger charge is -2.32. The Labute approximate surface area is 130 Å². The Morgan fingerprint density at radius 1 is 1.27 bits per heavy atom. The van der Waals surface area contributed by atoms with Crippen LogP contribution in [0.15, 0.2) is 42.9 Å². The van der Waals surface area contributed by atoms with Crippen LogP contribution in [-0.4, -0.2) is 40.0 Å². The van der Waals surface area contributed by atoms with Crippen molar-refractivity contribution in [2.75, 3.05) is 13.1 Å². The molecule has 1 amide bonds. The van der Waals surface area contributed by atoms with E-state index in [1.54, 1.807) is 12.5 Å². The Balaban J connectivity index is 1.42. The van der Waals surface area contributed by atoms with Gasteiger partial charge in [0, 0.05) is 13.1 Å². The van der Waals surface area contributed by atoms with Gasteiger partial charge in [-0.3, -0.25) is 4.79 Å². The number of aromatic nitrogens is 2. The van der Waals surface area contributed by atoms with Crippen LogP contribution in [0, 0.1) is 0 Å². The van der Waals surface area contributed by atoms with Crippen LogP contribution in [0.1, 0.15) is 24.1 Å². The van der Waals surface area contributed by atoms with Gasteiger partial charge in [-0.1, -0.05) is 30.3 Å². The molecule has 0 saturated carbocycles. The molecule has 3 rings (SSSR count). The van der Waals surface area contributed by atoms with E-state index >= 15 is 0 Å². The highest BCUT2D eigenvalue weighted by molar-refractivity contribution is 5.78. The topological polar surface area (TPSA) is 58.2 Å². The maximum absolute atomic E-state index is 12.3. The van der Waals surface area contributed by atoms with E-state index in [1.807, 2.05) is 35.2 Å². The van der Waals surface area contributed by atoms with Gasteiger partial charge in [-0.25, -0.2) is 4.98 Å². The van der Waals surface area contributed by atoms with Crippen molar-refractivity contribution in [3.63, 3.8) is 0 Å². The molecule has 0 atom stereocenters. The number of H-pyrrole nitrogens is 1. The van der Waals surface area contributed by atoms with E-state index in [0.29, 0.717) is 13.0 Å². The van der Waals surface area contributed by atoms with Crippen LogP contribution in [0.5, 0.6) is 0 Å². The first kappa shape index (κ1) is 14.8. The molecule has 1 saturated heterocycles. The van der Waals surface area contributed by atoms with Crippen molar-refractivity contribution in [2.24, 2.45) is 0 Å². The fourth-order valence-corrected chi connectivity index (χ4v) is 2.73. The number of carbonyl (C=O) groups excluding carboxylic acids is 1. The molecule has 2 heterocycles. The first-order chi connectivity index (χ1) is 10.8. The molecule has 0 bridgehead atoms. The molecular weight excluding hydrogens is 278 g/mol. The fourth-order valence-electron chi connectivity index (χ4n) is 2.73. The summed E-state index contributed by atoms with van der Waals surface area (Å²) in [5.74, 6) is 0.207. The molecule has 116 valence electrons. The van der Waals surface area contributed by atoms with Crippen LogP contribution < -0.4 is 0 Å². The van der Waals surface area contributed by atoms with Crippen molar-refractivity contribution in [1.82, 2.24) is 14.9 Å². The zero-order valence-corrected chi connectivity index (χ0v) is 12.6. The molecule has 5 nitrogen and oxygen atoms in total. The lowest BCUT2D eigenvalue weighted by Crippen LogP contribution is -2.41. The standard InChI is InChI=1S/C17H21N3O2/c21-17(10-14-4-2-1-3-5-14)20-8-6-16(7-9-20)22-12-15-11-18-13-19-15/h1-5,11,13,16H,6-10,12H2,(H,18,19). The van der Waals surface area contributed by atoms with E-state index in [9.17, 15) is 4.79 Å². The minimum Gasteiger partial charge on any atom is -0.372 e. The number of piperidine rings is 1. The Morgan fingerprint density at radius 3 is 2.73 bits per heavy atom. The average Bonchev–Trinajstić information content (AvgIpc) is 3.08. The fraction of sp³-hybridized carbons (Fsp3) is 0.412. The Hall–Kier alpha value is -2.14. The Kier molecular flexibility index (Phi) is 4.85. The van der Waals surface area contributed by atoms with E-state index in [2.05, 4.69) is 9.97 Å². The van der Waals surface area contributed by atoms with Gasteiger partial charge in [-0.2, -0.15) is 0 Å². The van der Waals surface area contributed by atoms with Gasteiger partial charge in [0.05, 0.1) is 37.3 Å². The third kappa shape index (κ3) is 3.95. The Bertz CT molecular complexity index is 575. The second-order valence-corrected chi connectivity index (χ2v) is 5.63. The SMILES string of the molecule is O=C(Cc1ccccc1)N1CCC(OCc2cnc[nH]2)CC1. The molecule has 0 radical (unpaired) electrons. The van der Waals surface area contributed by atoms with Crippen molar-refractivity contribution in [2.45, 2.75) is 32.0 Å². The summed E-state index contributed by atoms with van der Waals surface area (Å²) in [6, 6.07) is 9.91. The van der Waals surface area contributed by atoms with E-state index < -0.39 is 0 Å². The summed E-state index contributed by atoms with van der Waals surface area (Å²) >= 11 is 0. The summed E-state index contributed by atoms with van der Waals surface area (Å²) < 4.78 is 5.86. The number of ether oxygens (including phenoxy) is 1. The smallest absolute Gasteiger partial charge is 0.226 e. The molecule has 1 aromatic carbocycles. The zero-order valence-electron chi connectivity index (χ0n) is 12.6. The maximum atomic E-state index is 12.3. The van der Waals surface area contributed by atoms with Gasteiger partial charge in [0.1, 0.15) is 0 Å². The molecule has 1 N–H and O–H groups in total. The summed E-state index contributed by atoms with van der Waals surface area (Å²) in [5, 5.41) is 0. The summed E-state index contributed by atoms with van der Waals surface area (Å²) in [4.78, 5) is 21.2. The van der Waals surface area contributed by atoms with E-state index in [4.69, 9.17) is 4.74 Å². The number of nitrogens with zero attached hydrogens (tertiary/aromatic N) is 2. The zero-order chi connectivity index (χ0) is 15.2. The summed E-state index contributed by atoms with van der Waals surface area (Å²) in [5.41, 5.74) is 2.06. The second-order valence-electron chi connectivity index (χ2n) is 5.63. The third-order valence-electron chi connectivity index (χ3n) is 4.02. The summed E-state index contributed by atoms with van der Waals surface area (Å²) in [6.07, 6.45) is 5.94. The minimum absolute atomic E-state index is 0.207. The normalized spacial score (nSPS) is 15.9. The van der Waals surface area contributed by atoms with Crippen molar-refractivity contribution in [3.05, 3.63) is 54.1 Å². The van der Waals surface area contributed by atoms with Gasteiger partial charge in [0.15, 0.2) is 0 Å². The van der Waals surface area contributed by atoms with Gasteiger partial charge < -0.3 is 14.6 Å². The number of hydrogen-bond acceptors (Lipinski definition) is 3. The highest BCUT2D eigenvalue weighted by atomic mass is 16.5. The predicted molar refractivity (Wildman–Crippen MR) is 83.1 cm³/mol. The number of imidazole rings is 1. The van der Waals surface area contributed by atoms with Crippen LogP contribution in [0.3, 0.4) is 0 Å². The first-order valence-corrected chi connectivity index (χ1v) is 7.72. The van der Waals surface area contributed by atoms with Gasteiger partial charge in [0.2, 0.25) is 5.91 Å². The maximum Gasteiger partial charge on any atom is 0.226 e. The number of hydrogen-bond donors (Lipinski definition) is 1. The van der Waals surface area contributed by atoms with E-state index in [1.165, 1.54) is 0 Å². The van der Waals surface area contributed by atoms with Crippen molar-refractivity contribution < 1.29 is 9.53 Å². The molecule has 5 heteroatoms. The van der Waals surface area contributed by atoms with E-state index in [-0.39, 0.29) is 12.0 Å². The number of aromatic amines is 1. The molecular formula is C17H21N3O2. The Morgan fingerprint density at radius 2 is 2.05 bits per heavy atom. The van der Waals surface area contributed by atoms with Gasteiger partial charge in [-0.15, -0.1) is 0 Å². The molecule has 0 spiro atoms. The predicted octanol–water partition coefficient (Wildman–Crippen LogP) is 2.16. The van der Waals surface area contributed by atoms with Crippen molar-refractivity contribution in [1.29, 1.82) is 0 Å². The monoisotopic (exact) mass is 299 g/mol. The molecule has 1 aromatic heterocycles. The summed E-state index contributed by atoms with van der Waals surface area (Å²) in [7, 11) is 0. The highest BCUT2D eigenvalue weighted by Crippen LogP contribution is 2.16. The lowest BCUT2D eigenvalue weighted by atomic mass is 10.1. The average molecular weight is 299 g/mol. The third-order valence-corrected chi connectivity index (χ3v) is 4.02. The van der Waals surface area contributed by atoms with Crippen LogP contribution in [0.4, 0.5) is 0 Å². The largest absolute Gasteiger partial charge is 0.372 e. The number of nitrogens with one attached hydrogen (secondary N) is 1. The number of benzene rings is 1. The molecule has 1 aliphatic rings. The van der Waals surface area contributed by atoms with Crippen LogP contribution in [0.25, 0.3) is 0 Å². The highest BCUT2D eigenvalue weighted by Gasteiger charge is 2.23. The van der Waals surface area contributed by atoms with Crippen LogP contribution >= 0.6 is 0 Å². The molecule has 0 aliphatic carbocycles. The number of rotatable bonds is 5. The molecule has 1 fully saturated rings. The minimum atomic E-state index is 0.207. The first-order valence-electron chi connectivity index (χ1n) is 7.72. The molecule has 1 aliphatic heterocycles. The van der Waals surface area contributed by atoms with E-state index in [0.717, 1.165) is 37.2 Å². The van der Waals surface area contributed by atoms with Crippen LogP contribution in [0.2, 0.25) is 0 Å². The van der Waals surface area contributed by atoms with Crippen molar-refractivity contribution >= 4 is 5.91 Å². The number of carbonyl (C=O) groups is 1. The van der Waals surface area contributed by atoms with Crippen LogP contribution in [-0.2, 0) is 22.6 Å². The second kappa shape index (κ2) is 7.22. The quantitative estimate of drug-likeness (QED) is 0.920. The van der Waals surface area contributed by atoms with Gasteiger partial charge in [-0.05, 0) is 18.4 Å². The lowest BCUT2D eigenvalue weighted by molar-refractivity contribution is -0.133. The number of amides is 1.